The number of rotatable bonds is 4. The van der Waals surface area contributed by atoms with Crippen LogP contribution in [0.25, 0.3) is 11.1 Å². The summed E-state index contributed by atoms with van der Waals surface area (Å²) >= 11 is 5.91. The molecule has 1 saturated carbocycles. The van der Waals surface area contributed by atoms with E-state index in [-0.39, 0.29) is 0 Å². The summed E-state index contributed by atoms with van der Waals surface area (Å²) < 4.78 is 12.0. The van der Waals surface area contributed by atoms with Crippen molar-refractivity contribution in [3.05, 3.63) is 45.5 Å². The molecule has 0 amide bonds. The molecule has 1 aliphatic rings. The summed E-state index contributed by atoms with van der Waals surface area (Å²) in [5.41, 5.74) is 7.01. The summed E-state index contributed by atoms with van der Waals surface area (Å²) in [6.45, 7) is 0.382. The molecule has 2 aromatic heterocycles. The highest BCUT2D eigenvalue weighted by molar-refractivity contribution is 6.31. The van der Waals surface area contributed by atoms with Gasteiger partial charge in [-0.05, 0) is 25.0 Å². The fourth-order valence-corrected chi connectivity index (χ4v) is 3.41. The molecule has 24 heavy (non-hydrogen) atoms. The monoisotopic (exact) mass is 348 g/mol. The number of hydrogen-bond donors (Lipinski definition) is 1. The van der Waals surface area contributed by atoms with Crippen LogP contribution in [0.15, 0.2) is 31.9 Å². The van der Waals surface area contributed by atoms with Crippen LogP contribution in [0.5, 0.6) is 0 Å². The molecule has 0 unspecified atom stereocenters. The van der Waals surface area contributed by atoms with E-state index in [1.54, 1.807) is 18.2 Å². The molecule has 0 radical (unpaired) electrons. The smallest absolute Gasteiger partial charge is 0.408 e. The number of halogens is 1. The molecule has 0 atom stereocenters. The molecule has 4 rings (SSSR count). The molecule has 1 aromatic carbocycles. The number of aromatic nitrogens is 3. The lowest BCUT2D eigenvalue weighted by Crippen LogP contribution is -2.34. The van der Waals surface area contributed by atoms with Gasteiger partial charge in [-0.15, -0.1) is 0 Å². The van der Waals surface area contributed by atoms with Crippen molar-refractivity contribution in [2.75, 3.05) is 0 Å². The lowest BCUT2D eigenvalue weighted by Gasteiger charge is -2.17. The maximum Gasteiger partial charge on any atom is 0.419 e. The number of benzene rings is 1. The van der Waals surface area contributed by atoms with E-state index in [1.807, 2.05) is 0 Å². The lowest BCUT2D eigenvalue weighted by atomic mass is 9.99. The average molecular weight is 349 g/mol. The quantitative estimate of drug-likeness (QED) is 0.777. The zero-order valence-corrected chi connectivity index (χ0v) is 13.8. The predicted octanol–water partition coefficient (Wildman–Crippen LogP) is 2.60. The van der Waals surface area contributed by atoms with Crippen LogP contribution in [0.1, 0.15) is 37.4 Å². The molecule has 0 saturated heterocycles. The molecule has 2 heterocycles. The molecule has 0 spiro atoms. The van der Waals surface area contributed by atoms with Gasteiger partial charge in [0, 0.05) is 24.1 Å². The van der Waals surface area contributed by atoms with Crippen LogP contribution in [-0.4, -0.2) is 14.7 Å². The number of fused-ring (bicyclic) bond motifs is 1. The van der Waals surface area contributed by atoms with Crippen molar-refractivity contribution in [3.63, 3.8) is 0 Å². The Morgan fingerprint density at radius 2 is 2.12 bits per heavy atom. The Morgan fingerprint density at radius 3 is 2.92 bits per heavy atom. The molecule has 1 aliphatic carbocycles. The number of aryl methyl sites for hydroxylation is 2. The molecule has 1 fully saturated rings. The van der Waals surface area contributed by atoms with Gasteiger partial charge in [0.25, 0.3) is 0 Å². The fourth-order valence-electron chi connectivity index (χ4n) is 3.25. The van der Waals surface area contributed by atoms with Crippen molar-refractivity contribution in [1.29, 1.82) is 0 Å². The zero-order chi connectivity index (χ0) is 16.7. The second kappa shape index (κ2) is 5.75. The van der Waals surface area contributed by atoms with Gasteiger partial charge in [-0.25, -0.2) is 4.79 Å². The Bertz CT molecular complexity index is 936. The zero-order valence-electron chi connectivity index (χ0n) is 13.0. The normalized spacial score (nSPS) is 16.9. The van der Waals surface area contributed by atoms with Crippen molar-refractivity contribution in [2.45, 2.75) is 44.2 Å². The molecule has 0 aliphatic heterocycles. The van der Waals surface area contributed by atoms with E-state index < -0.39 is 11.3 Å². The number of nitrogens with zero attached hydrogens (tertiary/aromatic N) is 3. The largest absolute Gasteiger partial charge is 0.419 e. The Kier molecular flexibility index (Phi) is 3.69. The van der Waals surface area contributed by atoms with E-state index >= 15 is 0 Å². The van der Waals surface area contributed by atoms with Crippen LogP contribution >= 0.6 is 11.6 Å². The first-order valence-electron chi connectivity index (χ1n) is 7.96. The lowest BCUT2D eigenvalue weighted by molar-refractivity contribution is 0.344. The highest BCUT2D eigenvalue weighted by atomic mass is 35.5. The van der Waals surface area contributed by atoms with E-state index in [0.717, 1.165) is 25.7 Å². The molecule has 126 valence electrons. The Labute approximate surface area is 142 Å². The summed E-state index contributed by atoms with van der Waals surface area (Å²) in [5, 5.41) is 4.55. The summed E-state index contributed by atoms with van der Waals surface area (Å²) in [7, 11) is 0. The number of hydrogen-bond acceptors (Lipinski definition) is 6. The number of nitrogens with two attached hydrogens (primary N) is 1. The van der Waals surface area contributed by atoms with E-state index in [9.17, 15) is 4.79 Å². The Hall–Kier alpha value is -2.12. The molecule has 7 nitrogen and oxygen atoms in total. The van der Waals surface area contributed by atoms with Crippen molar-refractivity contribution in [3.8, 4) is 0 Å². The third-order valence-corrected chi connectivity index (χ3v) is 4.82. The minimum absolute atomic E-state index is 0.382. The molecule has 8 heteroatoms. The molecular weight excluding hydrogens is 332 g/mol. The van der Waals surface area contributed by atoms with Crippen molar-refractivity contribution in [1.82, 2.24) is 14.7 Å². The molecule has 0 bridgehead atoms. The summed E-state index contributed by atoms with van der Waals surface area (Å²) in [6.07, 6.45) is 4.34. The Balaban J connectivity index is 1.54. The first-order valence-corrected chi connectivity index (χ1v) is 8.34. The van der Waals surface area contributed by atoms with Crippen molar-refractivity contribution < 1.29 is 8.94 Å². The van der Waals surface area contributed by atoms with E-state index in [4.69, 9.17) is 26.3 Å². The van der Waals surface area contributed by atoms with Crippen LogP contribution in [-0.2, 0) is 18.5 Å². The van der Waals surface area contributed by atoms with Gasteiger partial charge in [0.1, 0.15) is 0 Å². The molecule has 3 aromatic rings. The molecule has 2 N–H and O–H groups in total. The highest BCUT2D eigenvalue weighted by Crippen LogP contribution is 2.34. The summed E-state index contributed by atoms with van der Waals surface area (Å²) in [5.74, 6) is 0.598. The first-order chi connectivity index (χ1) is 11.5. The van der Waals surface area contributed by atoms with Crippen LogP contribution in [0, 0.1) is 0 Å². The molecular formula is C16H17ClN4O3. The first kappa shape index (κ1) is 15.4. The predicted molar refractivity (Wildman–Crippen MR) is 87.8 cm³/mol. The van der Waals surface area contributed by atoms with Crippen molar-refractivity contribution >= 4 is 22.7 Å². The average Bonchev–Trinajstić information content (AvgIpc) is 3.24. The topological polar surface area (TPSA) is 100 Å². The van der Waals surface area contributed by atoms with Gasteiger partial charge in [-0.2, -0.15) is 4.98 Å². The van der Waals surface area contributed by atoms with E-state index in [0.29, 0.717) is 40.8 Å². The summed E-state index contributed by atoms with van der Waals surface area (Å²) in [4.78, 5) is 16.4. The third kappa shape index (κ3) is 2.63. The van der Waals surface area contributed by atoms with Gasteiger partial charge in [0.2, 0.25) is 5.89 Å². The second-order valence-corrected chi connectivity index (χ2v) is 6.69. The van der Waals surface area contributed by atoms with Gasteiger partial charge in [0.05, 0.1) is 11.1 Å². The minimum Gasteiger partial charge on any atom is -0.408 e. The fraction of sp³-hybridized carbons (Fsp3) is 0.438. The van der Waals surface area contributed by atoms with Crippen molar-refractivity contribution in [2.24, 2.45) is 5.73 Å². The van der Waals surface area contributed by atoms with Crippen LogP contribution < -0.4 is 11.5 Å². The summed E-state index contributed by atoms with van der Waals surface area (Å²) in [6, 6.07) is 5.10. The van der Waals surface area contributed by atoms with E-state index in [2.05, 4.69) is 10.1 Å². The third-order valence-electron chi connectivity index (χ3n) is 4.59. The SMILES string of the molecule is NC1(c2noc(CCn3c(=O)oc4cc(Cl)ccc43)n2)CCCC1. The standard InChI is InChI=1S/C16H17ClN4O3/c17-10-3-4-11-12(9-10)23-15(22)21(11)8-5-13-19-14(20-24-13)16(18)6-1-2-7-16/h3-4,9H,1-2,5-8,18H2. The van der Waals surface area contributed by atoms with Gasteiger partial charge >= 0.3 is 5.76 Å². The number of oxazole rings is 1. The van der Waals surface area contributed by atoms with Gasteiger partial charge in [-0.1, -0.05) is 29.6 Å². The minimum atomic E-state index is -0.475. The van der Waals surface area contributed by atoms with Crippen LogP contribution in [0.2, 0.25) is 5.02 Å². The van der Waals surface area contributed by atoms with Gasteiger partial charge in [0.15, 0.2) is 11.4 Å². The van der Waals surface area contributed by atoms with E-state index in [1.165, 1.54) is 4.57 Å². The maximum absolute atomic E-state index is 12.0. The van der Waals surface area contributed by atoms with Gasteiger partial charge in [-0.3, -0.25) is 4.57 Å². The maximum atomic E-state index is 12.0. The van der Waals surface area contributed by atoms with Crippen LogP contribution in [0.3, 0.4) is 0 Å². The highest BCUT2D eigenvalue weighted by Gasteiger charge is 2.35. The van der Waals surface area contributed by atoms with Gasteiger partial charge < -0.3 is 14.7 Å². The second-order valence-electron chi connectivity index (χ2n) is 6.26. The Morgan fingerprint density at radius 1 is 1.33 bits per heavy atom. The van der Waals surface area contributed by atoms with Crippen LogP contribution in [0.4, 0.5) is 0 Å².